The van der Waals surface area contributed by atoms with Gasteiger partial charge in [-0.15, -0.1) is 0 Å². The summed E-state index contributed by atoms with van der Waals surface area (Å²) in [5.41, 5.74) is 0.918. The Hall–Kier alpha value is -2.81. The van der Waals surface area contributed by atoms with Gasteiger partial charge in [-0.05, 0) is 12.1 Å². The van der Waals surface area contributed by atoms with E-state index in [1.54, 1.807) is 6.07 Å². The van der Waals surface area contributed by atoms with E-state index in [4.69, 9.17) is 9.88 Å². The Morgan fingerprint density at radius 3 is 2.81 bits per heavy atom. The van der Waals surface area contributed by atoms with Crippen molar-refractivity contribution in [2.45, 2.75) is 18.6 Å². The fourth-order valence-electron chi connectivity index (χ4n) is 3.97. The Labute approximate surface area is 175 Å². The summed E-state index contributed by atoms with van der Waals surface area (Å²) in [5, 5.41) is 9.25. The maximum atomic E-state index is 13.1. The van der Waals surface area contributed by atoms with E-state index >= 15 is 0 Å². The molecule has 0 aliphatic carbocycles. The normalized spacial score (nSPS) is 22.4. The summed E-state index contributed by atoms with van der Waals surface area (Å²) in [6.45, 7) is 1.24. The van der Waals surface area contributed by atoms with Crippen LogP contribution in [0.3, 0.4) is 0 Å². The number of morpholine rings is 1. The third-order valence-electron chi connectivity index (χ3n) is 5.44. The lowest BCUT2D eigenvalue weighted by atomic mass is 10.1. The van der Waals surface area contributed by atoms with Gasteiger partial charge in [-0.2, -0.15) is 17.8 Å². The average Bonchev–Trinajstić information content (AvgIpc) is 3.37. The minimum Gasteiger partial charge on any atom is -0.373 e. The molecule has 0 saturated carbocycles. The molecule has 2 unspecified atom stereocenters. The monoisotopic (exact) mass is 452 g/mol. The lowest BCUT2D eigenvalue weighted by Gasteiger charge is -2.37. The van der Waals surface area contributed by atoms with Crippen LogP contribution < -0.4 is 10.0 Å². The van der Waals surface area contributed by atoms with E-state index in [1.165, 1.54) is 33.5 Å². The van der Waals surface area contributed by atoms with E-state index in [2.05, 4.69) is 20.1 Å². The molecule has 2 aliphatic rings. The summed E-state index contributed by atoms with van der Waals surface area (Å²) in [6.07, 6.45) is -0.186. The van der Waals surface area contributed by atoms with Crippen molar-refractivity contribution in [3.05, 3.63) is 36.4 Å². The van der Waals surface area contributed by atoms with Crippen LogP contribution in [0.15, 0.2) is 30.7 Å². The molecule has 0 amide bonds. The van der Waals surface area contributed by atoms with Crippen LogP contribution in [-0.4, -0.2) is 75.7 Å². The van der Waals surface area contributed by atoms with Crippen LogP contribution in [0.25, 0.3) is 17.0 Å². The fraction of sp³-hybridized carbons (Fsp3) is 0.412. The number of rotatable bonds is 4. The van der Waals surface area contributed by atoms with Crippen LogP contribution in [0.4, 0.5) is 14.6 Å². The van der Waals surface area contributed by atoms with Gasteiger partial charge in [0, 0.05) is 25.7 Å². The highest BCUT2D eigenvalue weighted by molar-refractivity contribution is 7.86. The topological polar surface area (TPSA) is 132 Å². The number of aromatic nitrogens is 5. The lowest BCUT2D eigenvalue weighted by Crippen LogP contribution is -2.51. The van der Waals surface area contributed by atoms with Crippen LogP contribution in [0.2, 0.25) is 0 Å². The summed E-state index contributed by atoms with van der Waals surface area (Å²) in [5.74, 6) is 0.555. The molecule has 0 radical (unpaired) electrons. The Morgan fingerprint density at radius 1 is 1.19 bits per heavy atom. The number of alkyl halides is 2. The van der Waals surface area contributed by atoms with Crippen molar-refractivity contribution in [1.82, 2.24) is 28.9 Å². The molecular weight excluding hydrogens is 434 g/mol. The van der Waals surface area contributed by atoms with Crippen molar-refractivity contribution in [2.75, 3.05) is 31.1 Å². The number of anilines is 1. The van der Waals surface area contributed by atoms with Gasteiger partial charge in [0.25, 0.3) is 16.6 Å². The molecule has 2 fully saturated rings. The Morgan fingerprint density at radius 2 is 2.03 bits per heavy atom. The number of hydrogen-bond acceptors (Lipinski definition) is 8. The minimum absolute atomic E-state index is 0.172. The zero-order chi connectivity index (χ0) is 21.8. The number of ether oxygens (including phenoxy) is 1. The maximum absolute atomic E-state index is 13.1. The van der Waals surface area contributed by atoms with Crippen molar-refractivity contribution in [2.24, 2.45) is 5.14 Å². The summed E-state index contributed by atoms with van der Waals surface area (Å²) < 4.78 is 57.9. The van der Waals surface area contributed by atoms with Crippen LogP contribution >= 0.6 is 0 Å². The number of nitrogens with zero attached hydrogens (tertiary/aromatic N) is 7. The third-order valence-corrected chi connectivity index (χ3v) is 6.46. The Bertz CT molecular complexity index is 1240. The van der Waals surface area contributed by atoms with Gasteiger partial charge in [-0.25, -0.2) is 33.4 Å². The third kappa shape index (κ3) is 3.60. The molecule has 3 aromatic rings. The first-order valence-electron chi connectivity index (χ1n) is 9.42. The molecule has 31 heavy (non-hydrogen) atoms. The minimum atomic E-state index is -3.83. The summed E-state index contributed by atoms with van der Waals surface area (Å²) in [7, 11) is -3.83. The van der Waals surface area contributed by atoms with Gasteiger partial charge in [-0.1, -0.05) is 0 Å². The van der Waals surface area contributed by atoms with E-state index in [0.717, 1.165) is 0 Å². The van der Waals surface area contributed by atoms with Crippen LogP contribution in [0.1, 0.15) is 12.1 Å². The first-order chi connectivity index (χ1) is 14.8. The van der Waals surface area contributed by atoms with Crippen LogP contribution in [0.5, 0.6) is 0 Å². The molecule has 2 N–H and O–H groups in total. The Kier molecular flexibility index (Phi) is 4.80. The largest absolute Gasteiger partial charge is 0.373 e. The molecule has 14 heteroatoms. The zero-order valence-electron chi connectivity index (χ0n) is 16.0. The molecule has 3 aromatic heterocycles. The number of imidazole rings is 1. The van der Waals surface area contributed by atoms with Crippen molar-refractivity contribution in [3.8, 4) is 11.4 Å². The van der Waals surface area contributed by atoms with Crippen molar-refractivity contribution >= 4 is 21.7 Å². The summed E-state index contributed by atoms with van der Waals surface area (Å²) in [4.78, 5) is 14.7. The standard InChI is InChI=1S/C17H18F2N8O3S/c18-17(19)10-1-2-15-21-6-12(27(15)24-10)11-5-16(23-9-22-11)26-3-4-30-14-8-25(7-13(14)26)31(20,28)29/h1-2,5-6,9,13-14,17H,3-4,7-8H2,(H2,20,28,29). The number of fused-ring (bicyclic) bond motifs is 2. The summed E-state index contributed by atoms with van der Waals surface area (Å²) >= 11 is 0. The van der Waals surface area contributed by atoms with Gasteiger partial charge in [0.1, 0.15) is 23.5 Å². The molecule has 0 bridgehead atoms. The van der Waals surface area contributed by atoms with E-state index < -0.39 is 16.6 Å². The van der Waals surface area contributed by atoms with E-state index in [9.17, 15) is 17.2 Å². The van der Waals surface area contributed by atoms with Gasteiger partial charge in [0.05, 0.1) is 30.6 Å². The predicted molar refractivity (Wildman–Crippen MR) is 105 cm³/mol. The summed E-state index contributed by atoms with van der Waals surface area (Å²) in [6, 6.07) is 4.13. The van der Waals surface area contributed by atoms with Crippen LogP contribution in [0, 0.1) is 0 Å². The molecule has 2 atom stereocenters. The van der Waals surface area contributed by atoms with Gasteiger partial charge in [0.15, 0.2) is 5.65 Å². The quantitative estimate of drug-likeness (QED) is 0.595. The zero-order valence-corrected chi connectivity index (χ0v) is 16.9. The smallest absolute Gasteiger partial charge is 0.282 e. The number of halogens is 2. The van der Waals surface area contributed by atoms with E-state index in [1.807, 2.05) is 4.90 Å². The van der Waals surface area contributed by atoms with Crippen molar-refractivity contribution in [3.63, 3.8) is 0 Å². The Balaban J connectivity index is 1.50. The van der Waals surface area contributed by atoms with Crippen LogP contribution in [-0.2, 0) is 14.9 Å². The first-order valence-corrected chi connectivity index (χ1v) is 10.9. The van der Waals surface area contributed by atoms with Gasteiger partial charge in [0.2, 0.25) is 0 Å². The second-order valence-electron chi connectivity index (χ2n) is 7.27. The number of nitrogens with two attached hydrogens (primary N) is 1. The van der Waals surface area contributed by atoms with E-state index in [-0.39, 0.29) is 30.9 Å². The molecule has 5 heterocycles. The molecule has 2 aliphatic heterocycles. The second-order valence-corrected chi connectivity index (χ2v) is 8.81. The average molecular weight is 452 g/mol. The molecular formula is C17H18F2N8O3S. The van der Waals surface area contributed by atoms with Crippen molar-refractivity contribution in [1.29, 1.82) is 0 Å². The van der Waals surface area contributed by atoms with Crippen molar-refractivity contribution < 1.29 is 21.9 Å². The van der Waals surface area contributed by atoms with E-state index in [0.29, 0.717) is 36.0 Å². The maximum Gasteiger partial charge on any atom is 0.282 e. The first kappa shape index (κ1) is 20.1. The molecule has 2 saturated heterocycles. The highest BCUT2D eigenvalue weighted by Gasteiger charge is 2.44. The predicted octanol–water partition coefficient (Wildman–Crippen LogP) is 0.217. The lowest BCUT2D eigenvalue weighted by molar-refractivity contribution is 0.0328. The van der Waals surface area contributed by atoms with Gasteiger partial charge < -0.3 is 9.64 Å². The molecule has 11 nitrogen and oxygen atoms in total. The molecule has 164 valence electrons. The SMILES string of the molecule is NS(=O)(=O)N1CC2OCCN(c3cc(-c4cnc5ccc(C(F)F)nn45)ncn3)C2C1. The highest BCUT2D eigenvalue weighted by atomic mass is 32.2. The van der Waals surface area contributed by atoms with Gasteiger partial charge >= 0.3 is 0 Å². The molecule has 0 aromatic carbocycles. The van der Waals surface area contributed by atoms with Gasteiger partial charge in [-0.3, -0.25) is 0 Å². The molecule has 5 rings (SSSR count). The molecule has 0 spiro atoms. The second kappa shape index (κ2) is 7.40. The highest BCUT2D eigenvalue weighted by Crippen LogP contribution is 2.29. The fourth-order valence-corrected chi connectivity index (χ4v) is 4.68. The number of hydrogen-bond donors (Lipinski definition) is 1.